The standard InChI is InChI=1S/C8H17NO2/c1-7(9)4-11-6-8-2-3-10-5-8/h7-8H,2-6,9H2,1H3/t7-,8?/m0/s1. The summed E-state index contributed by atoms with van der Waals surface area (Å²) in [4.78, 5) is 0. The van der Waals surface area contributed by atoms with Crippen molar-refractivity contribution in [3.8, 4) is 0 Å². The maximum Gasteiger partial charge on any atom is 0.0614 e. The predicted molar refractivity (Wildman–Crippen MR) is 43.4 cm³/mol. The summed E-state index contributed by atoms with van der Waals surface area (Å²) < 4.78 is 10.6. The summed E-state index contributed by atoms with van der Waals surface area (Å²) in [5.74, 6) is 0.605. The fourth-order valence-corrected chi connectivity index (χ4v) is 1.14. The molecule has 3 nitrogen and oxygen atoms in total. The average Bonchev–Trinajstić information content (AvgIpc) is 2.39. The third-order valence-electron chi connectivity index (χ3n) is 1.76. The minimum Gasteiger partial charge on any atom is -0.381 e. The molecule has 1 aliphatic rings. The van der Waals surface area contributed by atoms with E-state index in [1.54, 1.807) is 0 Å². The van der Waals surface area contributed by atoms with Crippen LogP contribution >= 0.6 is 0 Å². The van der Waals surface area contributed by atoms with E-state index in [0.29, 0.717) is 12.5 Å². The summed E-state index contributed by atoms with van der Waals surface area (Å²) in [5.41, 5.74) is 5.52. The molecule has 0 bridgehead atoms. The van der Waals surface area contributed by atoms with Gasteiger partial charge in [0.05, 0.1) is 19.8 Å². The van der Waals surface area contributed by atoms with Gasteiger partial charge in [0.25, 0.3) is 0 Å². The Labute approximate surface area is 67.9 Å². The first-order chi connectivity index (χ1) is 5.29. The Morgan fingerprint density at radius 1 is 1.73 bits per heavy atom. The number of rotatable bonds is 4. The van der Waals surface area contributed by atoms with E-state index in [9.17, 15) is 0 Å². The molecule has 0 aromatic heterocycles. The fraction of sp³-hybridized carbons (Fsp3) is 1.00. The smallest absolute Gasteiger partial charge is 0.0614 e. The lowest BCUT2D eigenvalue weighted by Crippen LogP contribution is -2.23. The lowest BCUT2D eigenvalue weighted by atomic mass is 10.1. The number of ether oxygens (including phenoxy) is 2. The van der Waals surface area contributed by atoms with Gasteiger partial charge in [0.2, 0.25) is 0 Å². The Bertz CT molecular complexity index is 100. The molecule has 0 saturated carbocycles. The lowest BCUT2D eigenvalue weighted by molar-refractivity contribution is 0.0834. The maximum atomic E-state index is 5.52. The summed E-state index contributed by atoms with van der Waals surface area (Å²) in [6, 6.07) is 0.150. The average molecular weight is 159 g/mol. The van der Waals surface area contributed by atoms with Crippen LogP contribution in [0, 0.1) is 5.92 Å². The van der Waals surface area contributed by atoms with E-state index < -0.39 is 0 Å². The molecule has 0 aromatic rings. The van der Waals surface area contributed by atoms with E-state index >= 15 is 0 Å². The molecule has 11 heavy (non-hydrogen) atoms. The van der Waals surface area contributed by atoms with Gasteiger partial charge in [-0.3, -0.25) is 0 Å². The summed E-state index contributed by atoms with van der Waals surface area (Å²) in [7, 11) is 0. The van der Waals surface area contributed by atoms with Crippen molar-refractivity contribution in [2.45, 2.75) is 19.4 Å². The van der Waals surface area contributed by atoms with E-state index in [4.69, 9.17) is 15.2 Å². The number of nitrogens with two attached hydrogens (primary N) is 1. The van der Waals surface area contributed by atoms with E-state index in [0.717, 1.165) is 26.2 Å². The third kappa shape index (κ3) is 3.70. The van der Waals surface area contributed by atoms with Gasteiger partial charge in [0.1, 0.15) is 0 Å². The largest absolute Gasteiger partial charge is 0.381 e. The first-order valence-electron chi connectivity index (χ1n) is 4.20. The van der Waals surface area contributed by atoms with Crippen LogP contribution in [0.5, 0.6) is 0 Å². The molecule has 0 amide bonds. The highest BCUT2D eigenvalue weighted by Crippen LogP contribution is 2.11. The molecule has 3 heteroatoms. The first kappa shape index (κ1) is 8.97. The zero-order chi connectivity index (χ0) is 8.10. The monoisotopic (exact) mass is 159 g/mol. The van der Waals surface area contributed by atoms with Crippen LogP contribution in [0.15, 0.2) is 0 Å². The summed E-state index contributed by atoms with van der Waals surface area (Å²) in [5, 5.41) is 0. The van der Waals surface area contributed by atoms with Gasteiger partial charge >= 0.3 is 0 Å². The van der Waals surface area contributed by atoms with Crippen molar-refractivity contribution < 1.29 is 9.47 Å². The van der Waals surface area contributed by atoms with Gasteiger partial charge in [0, 0.05) is 18.6 Å². The molecular formula is C8H17NO2. The SMILES string of the molecule is C[C@H](N)COCC1CCOC1. The van der Waals surface area contributed by atoms with Gasteiger partial charge in [0.15, 0.2) is 0 Å². The van der Waals surface area contributed by atoms with Crippen molar-refractivity contribution in [2.75, 3.05) is 26.4 Å². The van der Waals surface area contributed by atoms with Crippen molar-refractivity contribution in [1.82, 2.24) is 0 Å². The second kappa shape index (κ2) is 4.70. The summed E-state index contributed by atoms with van der Waals surface area (Å²) in [6.45, 7) is 5.17. The Kier molecular flexibility index (Phi) is 3.83. The molecule has 1 aliphatic heterocycles. The number of hydrogen-bond acceptors (Lipinski definition) is 3. The zero-order valence-corrected chi connectivity index (χ0v) is 7.08. The molecule has 0 aliphatic carbocycles. The number of hydrogen-bond donors (Lipinski definition) is 1. The van der Waals surface area contributed by atoms with Crippen LogP contribution in [-0.2, 0) is 9.47 Å². The van der Waals surface area contributed by atoms with Crippen molar-refractivity contribution in [3.05, 3.63) is 0 Å². The predicted octanol–water partition coefficient (Wildman–Crippen LogP) is 0.387. The Balaban J connectivity index is 1.94. The van der Waals surface area contributed by atoms with Crippen LogP contribution in [-0.4, -0.2) is 32.5 Å². The normalized spacial score (nSPS) is 27.3. The van der Waals surface area contributed by atoms with Crippen LogP contribution in [0.3, 0.4) is 0 Å². The summed E-state index contributed by atoms with van der Waals surface area (Å²) >= 11 is 0. The van der Waals surface area contributed by atoms with E-state index in [2.05, 4.69) is 0 Å². The van der Waals surface area contributed by atoms with Crippen molar-refractivity contribution in [3.63, 3.8) is 0 Å². The van der Waals surface area contributed by atoms with Gasteiger partial charge in [-0.15, -0.1) is 0 Å². The van der Waals surface area contributed by atoms with Crippen LogP contribution in [0.1, 0.15) is 13.3 Å². The summed E-state index contributed by atoms with van der Waals surface area (Å²) in [6.07, 6.45) is 1.14. The highest BCUT2D eigenvalue weighted by atomic mass is 16.5. The van der Waals surface area contributed by atoms with Crippen molar-refractivity contribution in [1.29, 1.82) is 0 Å². The maximum absolute atomic E-state index is 5.52. The molecule has 1 heterocycles. The molecule has 2 N–H and O–H groups in total. The highest BCUT2D eigenvalue weighted by molar-refractivity contribution is 4.63. The minimum atomic E-state index is 0.150. The van der Waals surface area contributed by atoms with Gasteiger partial charge in [-0.2, -0.15) is 0 Å². The van der Waals surface area contributed by atoms with Gasteiger partial charge in [-0.25, -0.2) is 0 Å². The van der Waals surface area contributed by atoms with E-state index in [1.807, 2.05) is 6.92 Å². The molecule has 66 valence electrons. The molecule has 1 fully saturated rings. The van der Waals surface area contributed by atoms with Crippen LogP contribution in [0.2, 0.25) is 0 Å². The molecule has 1 rings (SSSR count). The molecule has 0 aromatic carbocycles. The second-order valence-electron chi connectivity index (χ2n) is 3.24. The molecular weight excluding hydrogens is 142 g/mol. The molecule has 1 saturated heterocycles. The third-order valence-corrected chi connectivity index (χ3v) is 1.76. The fourth-order valence-electron chi connectivity index (χ4n) is 1.14. The van der Waals surface area contributed by atoms with Gasteiger partial charge < -0.3 is 15.2 Å². The van der Waals surface area contributed by atoms with Crippen LogP contribution < -0.4 is 5.73 Å². The quantitative estimate of drug-likeness (QED) is 0.645. The van der Waals surface area contributed by atoms with Crippen molar-refractivity contribution >= 4 is 0 Å². The molecule has 1 unspecified atom stereocenters. The van der Waals surface area contributed by atoms with Gasteiger partial charge in [-0.1, -0.05) is 0 Å². The topological polar surface area (TPSA) is 44.5 Å². The second-order valence-corrected chi connectivity index (χ2v) is 3.24. The van der Waals surface area contributed by atoms with Crippen molar-refractivity contribution in [2.24, 2.45) is 11.7 Å². The van der Waals surface area contributed by atoms with Crippen LogP contribution in [0.25, 0.3) is 0 Å². The Hall–Kier alpha value is -0.120. The van der Waals surface area contributed by atoms with Gasteiger partial charge in [-0.05, 0) is 13.3 Å². The molecule has 0 radical (unpaired) electrons. The Morgan fingerprint density at radius 2 is 2.55 bits per heavy atom. The zero-order valence-electron chi connectivity index (χ0n) is 7.08. The Morgan fingerprint density at radius 3 is 3.09 bits per heavy atom. The van der Waals surface area contributed by atoms with Crippen LogP contribution in [0.4, 0.5) is 0 Å². The first-order valence-corrected chi connectivity index (χ1v) is 4.20. The minimum absolute atomic E-state index is 0.150. The van der Waals surface area contributed by atoms with E-state index in [-0.39, 0.29) is 6.04 Å². The highest BCUT2D eigenvalue weighted by Gasteiger charge is 2.15. The lowest BCUT2D eigenvalue weighted by Gasteiger charge is -2.09. The molecule has 0 spiro atoms. The van der Waals surface area contributed by atoms with E-state index in [1.165, 1.54) is 0 Å². The molecule has 2 atom stereocenters.